The molecule has 5 nitrogen and oxygen atoms in total. The van der Waals surface area contributed by atoms with Crippen molar-refractivity contribution in [2.24, 2.45) is 0 Å². The molecular formula is C27H18F3NO4. The quantitative estimate of drug-likeness (QED) is 0.263. The molecule has 0 saturated carbocycles. The highest BCUT2D eigenvalue weighted by Gasteiger charge is 2.20. The van der Waals surface area contributed by atoms with Crippen molar-refractivity contribution in [1.82, 2.24) is 0 Å². The molecule has 0 aliphatic heterocycles. The number of halogens is 3. The Morgan fingerprint density at radius 1 is 0.771 bits per heavy atom. The lowest BCUT2D eigenvalue weighted by Crippen LogP contribution is -2.17. The van der Waals surface area contributed by atoms with E-state index in [4.69, 9.17) is 9.47 Å². The molecule has 4 aromatic rings. The van der Waals surface area contributed by atoms with Crippen molar-refractivity contribution in [2.45, 2.75) is 0 Å². The van der Waals surface area contributed by atoms with E-state index in [1.165, 1.54) is 43.5 Å². The van der Waals surface area contributed by atoms with Crippen molar-refractivity contribution in [3.05, 3.63) is 114 Å². The van der Waals surface area contributed by atoms with E-state index in [2.05, 4.69) is 5.32 Å². The Morgan fingerprint density at radius 2 is 1.49 bits per heavy atom. The summed E-state index contributed by atoms with van der Waals surface area (Å²) in [4.78, 5) is 25.8. The first-order valence-corrected chi connectivity index (χ1v) is 10.4. The molecule has 0 heterocycles. The van der Waals surface area contributed by atoms with Crippen molar-refractivity contribution in [3.63, 3.8) is 0 Å². The number of carbonyl (C=O) groups excluding carboxylic acids is 2. The molecule has 8 heteroatoms. The van der Waals surface area contributed by atoms with Crippen LogP contribution < -0.4 is 14.8 Å². The molecule has 35 heavy (non-hydrogen) atoms. The predicted octanol–water partition coefficient (Wildman–Crippen LogP) is 6.25. The summed E-state index contributed by atoms with van der Waals surface area (Å²) in [6.07, 6.45) is 0. The summed E-state index contributed by atoms with van der Waals surface area (Å²) in [5.41, 5.74) is 0.640. The van der Waals surface area contributed by atoms with E-state index < -0.39 is 29.3 Å². The second-order valence-electron chi connectivity index (χ2n) is 7.39. The summed E-state index contributed by atoms with van der Waals surface area (Å²) in [6.45, 7) is 0. The van der Waals surface area contributed by atoms with Crippen LogP contribution in [0.3, 0.4) is 0 Å². The minimum atomic E-state index is -0.822. The summed E-state index contributed by atoms with van der Waals surface area (Å²) >= 11 is 0. The van der Waals surface area contributed by atoms with E-state index in [0.717, 1.165) is 24.3 Å². The highest BCUT2D eigenvalue weighted by atomic mass is 19.1. The number of benzene rings is 4. The van der Waals surface area contributed by atoms with E-state index >= 15 is 0 Å². The van der Waals surface area contributed by atoms with Crippen LogP contribution in [-0.4, -0.2) is 19.0 Å². The standard InChI is InChI=1S/C27H18F3NO4/c1-34-25-5-3-2-4-23(25)31-26(32)21-14-17(20-12-11-19(29)15-22(20)30)8-13-24(21)35-27(33)16-6-9-18(28)10-7-16/h2-15H,1H3,(H,31,32). The fraction of sp³-hybridized carbons (Fsp3) is 0.0370. The van der Waals surface area contributed by atoms with E-state index in [9.17, 15) is 22.8 Å². The Hall–Kier alpha value is -4.59. The normalized spacial score (nSPS) is 10.5. The number of nitrogens with one attached hydrogen (secondary N) is 1. The van der Waals surface area contributed by atoms with Crippen LogP contribution in [0.2, 0.25) is 0 Å². The summed E-state index contributed by atoms with van der Waals surface area (Å²) in [6, 6.07) is 18.5. The molecule has 4 aromatic carbocycles. The van der Waals surface area contributed by atoms with Crippen LogP contribution in [0.4, 0.5) is 18.9 Å². The molecule has 0 unspecified atom stereocenters. The van der Waals surface area contributed by atoms with Gasteiger partial charge >= 0.3 is 5.97 Å². The topological polar surface area (TPSA) is 64.6 Å². The van der Waals surface area contributed by atoms with Gasteiger partial charge in [-0.25, -0.2) is 18.0 Å². The van der Waals surface area contributed by atoms with Gasteiger partial charge in [0.25, 0.3) is 5.91 Å². The minimum Gasteiger partial charge on any atom is -0.495 e. The molecule has 0 aromatic heterocycles. The van der Waals surface area contributed by atoms with Gasteiger partial charge in [-0.05, 0) is 66.2 Å². The number of anilines is 1. The van der Waals surface area contributed by atoms with Crippen LogP contribution in [0, 0.1) is 17.5 Å². The smallest absolute Gasteiger partial charge is 0.343 e. The fourth-order valence-corrected chi connectivity index (χ4v) is 3.37. The van der Waals surface area contributed by atoms with Crippen LogP contribution in [0.15, 0.2) is 84.9 Å². The third-order valence-corrected chi connectivity index (χ3v) is 5.10. The van der Waals surface area contributed by atoms with Gasteiger partial charge in [-0.15, -0.1) is 0 Å². The maximum absolute atomic E-state index is 14.4. The molecule has 1 N–H and O–H groups in total. The first-order chi connectivity index (χ1) is 16.9. The van der Waals surface area contributed by atoms with Crippen LogP contribution in [-0.2, 0) is 0 Å². The number of amides is 1. The van der Waals surface area contributed by atoms with Crippen molar-refractivity contribution in [3.8, 4) is 22.6 Å². The van der Waals surface area contributed by atoms with Crippen LogP contribution in [0.5, 0.6) is 11.5 Å². The minimum absolute atomic E-state index is 0.0501. The van der Waals surface area contributed by atoms with Gasteiger partial charge < -0.3 is 14.8 Å². The van der Waals surface area contributed by atoms with Gasteiger partial charge in [-0.3, -0.25) is 4.79 Å². The third kappa shape index (κ3) is 5.33. The number of methoxy groups -OCH3 is 1. The number of carbonyl (C=O) groups is 2. The summed E-state index contributed by atoms with van der Waals surface area (Å²) in [5, 5.41) is 2.68. The summed E-state index contributed by atoms with van der Waals surface area (Å²) in [5.74, 6) is -3.30. The molecule has 0 aliphatic rings. The molecule has 1 amide bonds. The molecule has 0 spiro atoms. The second kappa shape index (κ2) is 10.1. The SMILES string of the molecule is COc1ccccc1NC(=O)c1cc(-c2ccc(F)cc2F)ccc1OC(=O)c1ccc(F)cc1. The van der Waals surface area contributed by atoms with Gasteiger partial charge in [0.15, 0.2) is 0 Å². The van der Waals surface area contributed by atoms with E-state index in [-0.39, 0.29) is 28.0 Å². The van der Waals surface area contributed by atoms with Crippen molar-refractivity contribution >= 4 is 17.6 Å². The summed E-state index contributed by atoms with van der Waals surface area (Å²) < 4.78 is 51.7. The Bertz CT molecular complexity index is 1400. The number of rotatable bonds is 6. The number of para-hydroxylation sites is 2. The molecule has 0 aliphatic carbocycles. The van der Waals surface area contributed by atoms with Crippen LogP contribution in [0.25, 0.3) is 11.1 Å². The predicted molar refractivity (Wildman–Crippen MR) is 124 cm³/mol. The van der Waals surface area contributed by atoms with Crippen molar-refractivity contribution < 1.29 is 32.2 Å². The molecular weight excluding hydrogens is 459 g/mol. The molecule has 0 bridgehead atoms. The van der Waals surface area contributed by atoms with Gasteiger partial charge in [-0.2, -0.15) is 0 Å². The molecule has 0 radical (unpaired) electrons. The maximum Gasteiger partial charge on any atom is 0.343 e. The lowest BCUT2D eigenvalue weighted by atomic mass is 10.0. The first kappa shape index (κ1) is 23.6. The average molecular weight is 477 g/mol. The fourth-order valence-electron chi connectivity index (χ4n) is 3.37. The van der Waals surface area contributed by atoms with E-state index in [0.29, 0.717) is 11.4 Å². The van der Waals surface area contributed by atoms with Gasteiger partial charge in [-0.1, -0.05) is 18.2 Å². The van der Waals surface area contributed by atoms with E-state index in [1.54, 1.807) is 24.3 Å². The Kier molecular flexibility index (Phi) is 6.82. The molecule has 176 valence electrons. The Morgan fingerprint density at radius 3 is 2.20 bits per heavy atom. The highest BCUT2D eigenvalue weighted by molar-refractivity contribution is 6.08. The Labute approximate surface area is 198 Å². The maximum atomic E-state index is 14.4. The third-order valence-electron chi connectivity index (χ3n) is 5.10. The molecule has 0 fully saturated rings. The van der Waals surface area contributed by atoms with Crippen molar-refractivity contribution in [1.29, 1.82) is 0 Å². The van der Waals surface area contributed by atoms with Crippen LogP contribution in [0.1, 0.15) is 20.7 Å². The molecule has 4 rings (SSSR count). The molecule has 0 saturated heterocycles. The number of ether oxygens (including phenoxy) is 2. The average Bonchev–Trinajstić information content (AvgIpc) is 2.85. The van der Waals surface area contributed by atoms with Gasteiger partial charge in [0.05, 0.1) is 23.9 Å². The number of hydrogen-bond acceptors (Lipinski definition) is 4. The van der Waals surface area contributed by atoms with Gasteiger partial charge in [0.1, 0.15) is 29.0 Å². The lowest BCUT2D eigenvalue weighted by molar-refractivity contribution is 0.0733. The summed E-state index contributed by atoms with van der Waals surface area (Å²) in [7, 11) is 1.44. The number of hydrogen-bond donors (Lipinski definition) is 1. The largest absolute Gasteiger partial charge is 0.495 e. The Balaban J connectivity index is 1.74. The van der Waals surface area contributed by atoms with Gasteiger partial charge in [0.2, 0.25) is 0 Å². The molecule has 0 atom stereocenters. The zero-order valence-electron chi connectivity index (χ0n) is 18.3. The monoisotopic (exact) mass is 477 g/mol. The second-order valence-corrected chi connectivity index (χ2v) is 7.39. The number of esters is 1. The van der Waals surface area contributed by atoms with E-state index in [1.807, 2.05) is 0 Å². The first-order valence-electron chi connectivity index (χ1n) is 10.4. The highest BCUT2D eigenvalue weighted by Crippen LogP contribution is 2.31. The zero-order chi connectivity index (χ0) is 24.9. The van der Waals surface area contributed by atoms with Crippen LogP contribution >= 0.6 is 0 Å². The van der Waals surface area contributed by atoms with Gasteiger partial charge in [0, 0.05) is 11.6 Å². The van der Waals surface area contributed by atoms with Crippen molar-refractivity contribution in [2.75, 3.05) is 12.4 Å². The lowest BCUT2D eigenvalue weighted by Gasteiger charge is -2.14. The zero-order valence-corrected chi connectivity index (χ0v) is 18.3.